The van der Waals surface area contributed by atoms with Gasteiger partial charge in [0.15, 0.2) is 5.82 Å². The highest BCUT2D eigenvalue weighted by molar-refractivity contribution is 7.00. The zero-order valence-corrected chi connectivity index (χ0v) is 13.9. The van der Waals surface area contributed by atoms with Gasteiger partial charge in [-0.05, 0) is 17.2 Å². The van der Waals surface area contributed by atoms with Gasteiger partial charge in [-0.1, -0.05) is 42.5 Å². The molecule has 7 heteroatoms. The Balaban J connectivity index is 1.74. The minimum Gasteiger partial charge on any atom is -0.309 e. The van der Waals surface area contributed by atoms with Gasteiger partial charge in [0.25, 0.3) is 0 Å². The molecule has 1 atom stereocenters. The van der Waals surface area contributed by atoms with Crippen molar-refractivity contribution in [1.82, 2.24) is 18.9 Å². The van der Waals surface area contributed by atoms with Gasteiger partial charge >= 0.3 is 0 Å². The van der Waals surface area contributed by atoms with Crippen LogP contribution in [0.5, 0.6) is 0 Å². The first-order valence-electron chi connectivity index (χ1n) is 7.96. The largest absolute Gasteiger partial charge is 0.309 e. The number of fused-ring (bicyclic) bond motifs is 2. The SMILES string of the molecule is O=C1CC(c2cccc3nsnc23)c2c(n[nH]c2-c2ccccc2)N1. The van der Waals surface area contributed by atoms with E-state index in [0.29, 0.717) is 12.2 Å². The van der Waals surface area contributed by atoms with Crippen LogP contribution in [0.4, 0.5) is 5.82 Å². The highest BCUT2D eigenvalue weighted by Crippen LogP contribution is 2.43. The summed E-state index contributed by atoms with van der Waals surface area (Å²) in [5, 5.41) is 10.3. The van der Waals surface area contributed by atoms with Crippen molar-refractivity contribution in [3.8, 4) is 11.3 Å². The molecule has 1 unspecified atom stereocenters. The number of anilines is 1. The Morgan fingerprint density at radius 1 is 1.04 bits per heavy atom. The standard InChI is InChI=1S/C18H13N5OS/c24-14-9-12(11-7-4-8-13-17(11)23-25-22-13)15-16(20-21-18(15)19-14)10-5-2-1-3-6-10/h1-8,12H,9H2,(H2,19,20,21,24). The molecular formula is C18H13N5OS. The summed E-state index contributed by atoms with van der Waals surface area (Å²) in [6.45, 7) is 0. The quantitative estimate of drug-likeness (QED) is 0.581. The Labute approximate surface area is 147 Å². The second-order valence-corrected chi connectivity index (χ2v) is 6.54. The molecule has 0 bridgehead atoms. The van der Waals surface area contributed by atoms with E-state index >= 15 is 0 Å². The summed E-state index contributed by atoms with van der Waals surface area (Å²) in [5.41, 5.74) is 5.71. The van der Waals surface area contributed by atoms with Gasteiger partial charge in [0.05, 0.1) is 17.4 Å². The molecule has 6 nitrogen and oxygen atoms in total. The van der Waals surface area contributed by atoms with Crippen molar-refractivity contribution in [2.45, 2.75) is 12.3 Å². The molecule has 2 N–H and O–H groups in total. The fourth-order valence-electron chi connectivity index (χ4n) is 3.45. The van der Waals surface area contributed by atoms with Crippen molar-refractivity contribution in [2.75, 3.05) is 5.32 Å². The number of carbonyl (C=O) groups excluding carboxylic acids is 1. The molecule has 25 heavy (non-hydrogen) atoms. The van der Waals surface area contributed by atoms with Gasteiger partial charge in [0.2, 0.25) is 5.91 Å². The number of benzene rings is 2. The van der Waals surface area contributed by atoms with Crippen molar-refractivity contribution in [3.05, 3.63) is 59.7 Å². The summed E-state index contributed by atoms with van der Waals surface area (Å²) >= 11 is 1.19. The van der Waals surface area contributed by atoms with Crippen molar-refractivity contribution >= 4 is 34.5 Å². The number of aromatic amines is 1. The van der Waals surface area contributed by atoms with E-state index in [1.54, 1.807) is 0 Å². The predicted octanol–water partition coefficient (Wildman–Crippen LogP) is 3.56. The fourth-order valence-corrected chi connectivity index (χ4v) is 4.01. The normalized spacial score (nSPS) is 16.6. The molecule has 1 aliphatic rings. The molecule has 5 rings (SSSR count). The van der Waals surface area contributed by atoms with Gasteiger partial charge in [-0.25, -0.2) is 0 Å². The number of rotatable bonds is 2. The lowest BCUT2D eigenvalue weighted by atomic mass is 9.84. The van der Waals surface area contributed by atoms with Crippen LogP contribution in [-0.2, 0) is 4.79 Å². The molecule has 1 aliphatic heterocycles. The maximum Gasteiger partial charge on any atom is 0.226 e. The minimum absolute atomic E-state index is 0.0381. The summed E-state index contributed by atoms with van der Waals surface area (Å²) < 4.78 is 8.77. The second-order valence-electron chi connectivity index (χ2n) is 6.01. The van der Waals surface area contributed by atoms with Crippen LogP contribution in [0.15, 0.2) is 48.5 Å². The molecule has 0 radical (unpaired) electrons. The first kappa shape index (κ1) is 14.3. The number of nitrogens with zero attached hydrogens (tertiary/aromatic N) is 3. The Bertz CT molecular complexity index is 1090. The summed E-state index contributed by atoms with van der Waals surface area (Å²) in [4.78, 5) is 12.2. The average molecular weight is 347 g/mol. The van der Waals surface area contributed by atoms with Crippen LogP contribution in [0.25, 0.3) is 22.3 Å². The first-order chi connectivity index (χ1) is 12.3. The molecule has 0 spiro atoms. The Morgan fingerprint density at radius 3 is 2.80 bits per heavy atom. The molecule has 3 heterocycles. The van der Waals surface area contributed by atoms with Crippen molar-refractivity contribution in [3.63, 3.8) is 0 Å². The Hall–Kier alpha value is -3.06. The third-order valence-corrected chi connectivity index (χ3v) is 5.10. The zero-order chi connectivity index (χ0) is 16.8. The predicted molar refractivity (Wildman–Crippen MR) is 96.5 cm³/mol. The highest BCUT2D eigenvalue weighted by Gasteiger charge is 2.33. The van der Waals surface area contributed by atoms with Crippen LogP contribution >= 0.6 is 11.7 Å². The number of carbonyl (C=O) groups is 1. The number of hydrogen-bond acceptors (Lipinski definition) is 5. The molecule has 0 saturated carbocycles. The molecule has 1 amide bonds. The Morgan fingerprint density at radius 2 is 1.92 bits per heavy atom. The lowest BCUT2D eigenvalue weighted by Gasteiger charge is -2.23. The monoisotopic (exact) mass is 347 g/mol. The summed E-state index contributed by atoms with van der Waals surface area (Å²) in [6.07, 6.45) is 0.364. The van der Waals surface area contributed by atoms with Gasteiger partial charge in [0.1, 0.15) is 11.0 Å². The van der Waals surface area contributed by atoms with Crippen LogP contribution in [0.1, 0.15) is 23.5 Å². The van der Waals surface area contributed by atoms with Crippen LogP contribution in [-0.4, -0.2) is 24.9 Å². The van der Waals surface area contributed by atoms with Gasteiger partial charge in [-0.3, -0.25) is 9.89 Å². The van der Waals surface area contributed by atoms with Gasteiger partial charge < -0.3 is 5.32 Å². The number of H-pyrrole nitrogens is 1. The fraction of sp³-hybridized carbons (Fsp3) is 0.111. The van der Waals surface area contributed by atoms with Crippen LogP contribution in [0.3, 0.4) is 0 Å². The molecule has 0 aliphatic carbocycles. The molecule has 0 saturated heterocycles. The number of aromatic nitrogens is 4. The topological polar surface area (TPSA) is 83.6 Å². The minimum atomic E-state index is -0.106. The van der Waals surface area contributed by atoms with Crippen LogP contribution in [0.2, 0.25) is 0 Å². The maximum atomic E-state index is 12.2. The molecule has 4 aromatic rings. The van der Waals surface area contributed by atoms with Gasteiger partial charge in [-0.15, -0.1) is 0 Å². The number of hydrogen-bond donors (Lipinski definition) is 2. The first-order valence-corrected chi connectivity index (χ1v) is 8.69. The summed E-state index contributed by atoms with van der Waals surface area (Å²) in [6, 6.07) is 16.0. The van der Waals surface area contributed by atoms with Gasteiger partial charge in [-0.2, -0.15) is 13.8 Å². The maximum absolute atomic E-state index is 12.2. The number of nitrogens with one attached hydrogen (secondary N) is 2. The molecular weight excluding hydrogens is 334 g/mol. The third kappa shape index (κ3) is 2.24. The average Bonchev–Trinajstić information content (AvgIpc) is 3.28. The van der Waals surface area contributed by atoms with E-state index in [1.165, 1.54) is 11.7 Å². The van der Waals surface area contributed by atoms with Crippen LogP contribution < -0.4 is 5.32 Å². The molecule has 122 valence electrons. The smallest absolute Gasteiger partial charge is 0.226 e. The highest BCUT2D eigenvalue weighted by atomic mass is 32.1. The van der Waals surface area contributed by atoms with Gasteiger partial charge in [0, 0.05) is 17.9 Å². The molecule has 2 aromatic heterocycles. The summed E-state index contributed by atoms with van der Waals surface area (Å²) in [5.74, 6) is 0.453. The van der Waals surface area contributed by atoms with E-state index < -0.39 is 0 Å². The third-order valence-electron chi connectivity index (χ3n) is 4.55. The summed E-state index contributed by atoms with van der Waals surface area (Å²) in [7, 11) is 0. The van der Waals surface area contributed by atoms with E-state index in [0.717, 1.165) is 33.4 Å². The lowest BCUT2D eigenvalue weighted by Crippen LogP contribution is -2.23. The number of amides is 1. The molecule has 2 aromatic carbocycles. The Kier molecular flexibility index (Phi) is 3.14. The van der Waals surface area contributed by atoms with E-state index in [4.69, 9.17) is 0 Å². The van der Waals surface area contributed by atoms with Crippen LogP contribution in [0, 0.1) is 0 Å². The second kappa shape index (κ2) is 5.49. The van der Waals surface area contributed by atoms with E-state index in [9.17, 15) is 4.79 Å². The van der Waals surface area contributed by atoms with Crippen molar-refractivity contribution in [2.24, 2.45) is 0 Å². The van der Waals surface area contributed by atoms with Crippen molar-refractivity contribution in [1.29, 1.82) is 0 Å². The van der Waals surface area contributed by atoms with E-state index in [-0.39, 0.29) is 11.8 Å². The molecule has 0 fully saturated rings. The van der Waals surface area contributed by atoms with Crippen molar-refractivity contribution < 1.29 is 4.79 Å². The van der Waals surface area contributed by atoms with E-state index in [1.807, 2.05) is 48.5 Å². The van der Waals surface area contributed by atoms with E-state index in [2.05, 4.69) is 24.3 Å². The zero-order valence-electron chi connectivity index (χ0n) is 13.1. The lowest BCUT2D eigenvalue weighted by molar-refractivity contribution is -0.116.